The van der Waals surface area contributed by atoms with E-state index in [2.05, 4.69) is 0 Å². The maximum absolute atomic E-state index is 13.4. The van der Waals surface area contributed by atoms with Gasteiger partial charge in [0.05, 0.1) is 27.2 Å². The number of halogens is 2. The van der Waals surface area contributed by atoms with E-state index in [4.69, 9.17) is 27.9 Å². The van der Waals surface area contributed by atoms with Crippen molar-refractivity contribution in [2.24, 2.45) is 0 Å². The van der Waals surface area contributed by atoms with E-state index in [1.54, 1.807) is 31.2 Å². The number of hydrogen-bond acceptors (Lipinski definition) is 4. The van der Waals surface area contributed by atoms with Crippen LogP contribution in [0.1, 0.15) is 6.92 Å². The molecule has 0 radical (unpaired) electrons. The second-order valence-electron chi connectivity index (χ2n) is 5.89. The Bertz CT molecular complexity index is 1130. The molecule has 0 heterocycles. The zero-order chi connectivity index (χ0) is 20.3. The molecule has 3 rings (SSSR count). The van der Waals surface area contributed by atoms with Crippen LogP contribution in [0.25, 0.3) is 10.8 Å². The Morgan fingerprint density at radius 3 is 2.43 bits per heavy atom. The smallest absolute Gasteiger partial charge is 0.326 e. The van der Waals surface area contributed by atoms with Crippen molar-refractivity contribution in [2.45, 2.75) is 11.8 Å². The topological polar surface area (TPSA) is 63.7 Å². The number of anilines is 1. The van der Waals surface area contributed by atoms with Crippen LogP contribution in [-0.4, -0.2) is 27.5 Å². The summed E-state index contributed by atoms with van der Waals surface area (Å²) in [5, 5.41) is 1.88. The van der Waals surface area contributed by atoms with Crippen LogP contribution >= 0.6 is 23.2 Å². The highest BCUT2D eigenvalue weighted by Crippen LogP contribution is 2.33. The van der Waals surface area contributed by atoms with E-state index in [0.29, 0.717) is 11.1 Å². The Balaban J connectivity index is 2.18. The van der Waals surface area contributed by atoms with Gasteiger partial charge in [0.15, 0.2) is 0 Å². The third-order valence-corrected chi connectivity index (χ3v) is 6.59. The second kappa shape index (κ2) is 8.39. The Morgan fingerprint density at radius 2 is 1.71 bits per heavy atom. The first-order chi connectivity index (χ1) is 13.3. The van der Waals surface area contributed by atoms with E-state index in [0.717, 1.165) is 9.69 Å². The van der Waals surface area contributed by atoms with Crippen LogP contribution in [0.15, 0.2) is 65.6 Å². The standard InChI is InChI=1S/C20H17Cl2NO4S/c1-2-27-20(24)13-23(19-9-5-7-14-6-3-4-8-16(14)19)28(25,26)15-10-11-17(21)18(22)12-15/h3-12H,2,13H2,1H3. The van der Waals surface area contributed by atoms with Crippen molar-refractivity contribution in [3.8, 4) is 0 Å². The van der Waals surface area contributed by atoms with Gasteiger partial charge in [0.1, 0.15) is 6.54 Å². The van der Waals surface area contributed by atoms with Crippen molar-refractivity contribution in [1.82, 2.24) is 0 Å². The molecule has 0 aromatic heterocycles. The number of ether oxygens (including phenoxy) is 1. The lowest BCUT2D eigenvalue weighted by Crippen LogP contribution is -2.36. The summed E-state index contributed by atoms with van der Waals surface area (Å²) in [6.45, 7) is 1.34. The summed E-state index contributed by atoms with van der Waals surface area (Å²) >= 11 is 11.9. The molecule has 28 heavy (non-hydrogen) atoms. The third kappa shape index (κ3) is 4.09. The molecule has 0 aliphatic heterocycles. The molecule has 5 nitrogen and oxygen atoms in total. The van der Waals surface area contributed by atoms with Crippen molar-refractivity contribution in [3.63, 3.8) is 0 Å². The van der Waals surface area contributed by atoms with E-state index >= 15 is 0 Å². The molecule has 3 aromatic rings. The molecule has 0 unspecified atom stereocenters. The summed E-state index contributed by atoms with van der Waals surface area (Å²) in [5.74, 6) is -0.654. The van der Waals surface area contributed by atoms with Crippen molar-refractivity contribution in [3.05, 3.63) is 70.7 Å². The molecular weight excluding hydrogens is 421 g/mol. The molecule has 8 heteroatoms. The Morgan fingerprint density at radius 1 is 1.00 bits per heavy atom. The van der Waals surface area contributed by atoms with Gasteiger partial charge in [-0.15, -0.1) is 0 Å². The largest absolute Gasteiger partial charge is 0.465 e. The SMILES string of the molecule is CCOC(=O)CN(c1cccc2ccccc12)S(=O)(=O)c1ccc(Cl)c(Cl)c1. The average Bonchev–Trinajstić information content (AvgIpc) is 2.68. The highest BCUT2D eigenvalue weighted by Gasteiger charge is 2.29. The van der Waals surface area contributed by atoms with E-state index in [1.165, 1.54) is 18.2 Å². The molecular formula is C20H17Cl2NO4S. The van der Waals surface area contributed by atoms with Crippen LogP contribution in [0.4, 0.5) is 5.69 Å². The Hall–Kier alpha value is -2.28. The number of carbonyl (C=O) groups is 1. The lowest BCUT2D eigenvalue weighted by atomic mass is 10.1. The summed E-state index contributed by atoms with van der Waals surface area (Å²) in [5.41, 5.74) is 0.372. The van der Waals surface area contributed by atoms with Crippen LogP contribution in [-0.2, 0) is 19.6 Å². The number of carbonyl (C=O) groups excluding carboxylic acids is 1. The molecule has 0 atom stereocenters. The van der Waals surface area contributed by atoms with Gasteiger partial charge in [-0.05, 0) is 36.6 Å². The van der Waals surface area contributed by atoms with Gasteiger partial charge in [-0.2, -0.15) is 0 Å². The van der Waals surface area contributed by atoms with E-state index in [9.17, 15) is 13.2 Å². The highest BCUT2D eigenvalue weighted by atomic mass is 35.5. The van der Waals surface area contributed by atoms with E-state index in [-0.39, 0.29) is 21.5 Å². The maximum atomic E-state index is 13.4. The molecule has 0 spiro atoms. The fraction of sp³-hybridized carbons (Fsp3) is 0.150. The van der Waals surface area contributed by atoms with Crippen LogP contribution in [0.3, 0.4) is 0 Å². The number of benzene rings is 3. The minimum absolute atomic E-state index is 0.0702. The first-order valence-electron chi connectivity index (χ1n) is 8.45. The molecule has 0 N–H and O–H groups in total. The monoisotopic (exact) mass is 437 g/mol. The van der Waals surface area contributed by atoms with Crippen LogP contribution in [0, 0.1) is 0 Å². The number of hydrogen-bond donors (Lipinski definition) is 0. The summed E-state index contributed by atoms with van der Waals surface area (Å²) in [6, 6.07) is 16.6. The summed E-state index contributed by atoms with van der Waals surface area (Å²) in [4.78, 5) is 12.1. The van der Waals surface area contributed by atoms with Gasteiger partial charge < -0.3 is 4.74 Å². The summed E-state index contributed by atoms with van der Waals surface area (Å²) < 4.78 is 32.8. The molecule has 0 saturated carbocycles. The first-order valence-corrected chi connectivity index (χ1v) is 10.7. The number of rotatable bonds is 6. The number of esters is 1. The Labute approximate surface area is 173 Å². The zero-order valence-corrected chi connectivity index (χ0v) is 17.3. The van der Waals surface area contributed by atoms with Crippen LogP contribution in [0.5, 0.6) is 0 Å². The second-order valence-corrected chi connectivity index (χ2v) is 8.57. The highest BCUT2D eigenvalue weighted by molar-refractivity contribution is 7.92. The average molecular weight is 438 g/mol. The van der Waals surface area contributed by atoms with Crippen LogP contribution < -0.4 is 4.31 Å². The number of fused-ring (bicyclic) bond motifs is 1. The molecule has 0 amide bonds. The van der Waals surface area contributed by atoms with Gasteiger partial charge in [0, 0.05) is 5.39 Å². The predicted octanol–water partition coefficient (Wildman–Crippen LogP) is 4.91. The van der Waals surface area contributed by atoms with Gasteiger partial charge >= 0.3 is 5.97 Å². The normalized spacial score (nSPS) is 11.4. The Kier molecular flexibility index (Phi) is 6.13. The fourth-order valence-corrected chi connectivity index (χ4v) is 4.63. The molecule has 0 aliphatic carbocycles. The van der Waals surface area contributed by atoms with Crippen LogP contribution in [0.2, 0.25) is 10.0 Å². The lowest BCUT2D eigenvalue weighted by molar-refractivity contribution is -0.141. The van der Waals surface area contributed by atoms with E-state index in [1.807, 2.05) is 18.2 Å². The molecule has 0 bridgehead atoms. The molecule has 146 valence electrons. The quantitative estimate of drug-likeness (QED) is 0.514. The lowest BCUT2D eigenvalue weighted by Gasteiger charge is -2.25. The van der Waals surface area contributed by atoms with Crippen molar-refractivity contribution >= 4 is 55.7 Å². The van der Waals surface area contributed by atoms with Gasteiger partial charge in [-0.25, -0.2) is 8.42 Å². The summed E-state index contributed by atoms with van der Waals surface area (Å²) in [7, 11) is -4.11. The number of sulfonamides is 1. The first kappa shape index (κ1) is 20.5. The van der Waals surface area contributed by atoms with Crippen molar-refractivity contribution in [1.29, 1.82) is 0 Å². The van der Waals surface area contributed by atoms with Gasteiger partial charge in [0.25, 0.3) is 10.0 Å². The minimum Gasteiger partial charge on any atom is -0.465 e. The minimum atomic E-state index is -4.11. The van der Waals surface area contributed by atoms with Crippen molar-refractivity contribution in [2.75, 3.05) is 17.5 Å². The maximum Gasteiger partial charge on any atom is 0.326 e. The van der Waals surface area contributed by atoms with Crippen molar-refractivity contribution < 1.29 is 17.9 Å². The van der Waals surface area contributed by atoms with Gasteiger partial charge in [0.2, 0.25) is 0 Å². The molecule has 0 aliphatic rings. The predicted molar refractivity (Wildman–Crippen MR) is 112 cm³/mol. The zero-order valence-electron chi connectivity index (χ0n) is 14.9. The molecule has 0 saturated heterocycles. The third-order valence-electron chi connectivity index (χ3n) is 4.09. The van der Waals surface area contributed by atoms with E-state index < -0.39 is 22.5 Å². The molecule has 0 fully saturated rings. The number of nitrogens with zero attached hydrogens (tertiary/aromatic N) is 1. The molecule has 3 aromatic carbocycles. The fourth-order valence-electron chi connectivity index (χ4n) is 2.81. The van der Waals surface area contributed by atoms with Gasteiger partial charge in [-0.3, -0.25) is 9.10 Å². The summed E-state index contributed by atoms with van der Waals surface area (Å²) in [6.07, 6.45) is 0. The van der Waals surface area contributed by atoms with Gasteiger partial charge in [-0.1, -0.05) is 59.6 Å².